The molecule has 0 radical (unpaired) electrons. The average molecular weight is 310 g/mol. The predicted molar refractivity (Wildman–Crippen MR) is 80.4 cm³/mol. The summed E-state index contributed by atoms with van der Waals surface area (Å²) in [5, 5.41) is 4.00. The lowest BCUT2D eigenvalue weighted by Crippen LogP contribution is -2.29. The fraction of sp³-hybridized carbons (Fsp3) is 0.538. The fourth-order valence-corrected chi connectivity index (χ4v) is 3.11. The summed E-state index contributed by atoms with van der Waals surface area (Å²) in [6.07, 6.45) is 3.13. The normalized spacial score (nSPS) is 14.6. The van der Waals surface area contributed by atoms with E-state index in [9.17, 15) is 4.39 Å². The zero-order chi connectivity index (χ0) is 13.7. The fourth-order valence-electron chi connectivity index (χ4n) is 1.83. The molecular formula is C13H18Cl2FNS. The summed E-state index contributed by atoms with van der Waals surface area (Å²) in [5.74, 6) is 0.660. The molecule has 0 amide bonds. The Balaban J connectivity index is 2.78. The van der Waals surface area contributed by atoms with E-state index in [-0.39, 0.29) is 11.1 Å². The summed E-state index contributed by atoms with van der Waals surface area (Å²) in [6, 6.07) is 3.10. The van der Waals surface area contributed by atoms with Crippen molar-refractivity contribution in [3.05, 3.63) is 33.6 Å². The molecule has 0 heterocycles. The van der Waals surface area contributed by atoms with Crippen LogP contribution in [0.5, 0.6) is 0 Å². The van der Waals surface area contributed by atoms with Crippen LogP contribution in [0.15, 0.2) is 12.1 Å². The SMILES string of the molecule is CSCCC(C)NC(C)c1c(Cl)ccc(F)c1Cl. The van der Waals surface area contributed by atoms with Crippen molar-refractivity contribution in [2.45, 2.75) is 32.4 Å². The van der Waals surface area contributed by atoms with Crippen molar-refractivity contribution in [1.82, 2.24) is 5.32 Å². The second-order valence-electron chi connectivity index (χ2n) is 4.33. The lowest BCUT2D eigenvalue weighted by molar-refractivity contribution is 0.470. The summed E-state index contributed by atoms with van der Waals surface area (Å²) in [6.45, 7) is 4.05. The van der Waals surface area contributed by atoms with Crippen LogP contribution in [-0.2, 0) is 0 Å². The molecule has 2 unspecified atom stereocenters. The zero-order valence-corrected chi connectivity index (χ0v) is 13.1. The van der Waals surface area contributed by atoms with Crippen LogP contribution in [0, 0.1) is 5.82 Å². The van der Waals surface area contributed by atoms with Gasteiger partial charge in [0.25, 0.3) is 0 Å². The van der Waals surface area contributed by atoms with Gasteiger partial charge in [-0.05, 0) is 44.4 Å². The van der Waals surface area contributed by atoms with E-state index < -0.39 is 5.82 Å². The van der Waals surface area contributed by atoms with E-state index in [4.69, 9.17) is 23.2 Å². The Morgan fingerprint density at radius 3 is 2.61 bits per heavy atom. The van der Waals surface area contributed by atoms with Gasteiger partial charge in [-0.2, -0.15) is 11.8 Å². The van der Waals surface area contributed by atoms with Crippen molar-refractivity contribution < 1.29 is 4.39 Å². The third kappa shape index (κ3) is 4.30. The minimum absolute atomic E-state index is 0.0717. The molecule has 1 rings (SSSR count). The maximum absolute atomic E-state index is 13.4. The molecule has 102 valence electrons. The molecule has 1 N–H and O–H groups in total. The third-order valence-corrected chi connectivity index (χ3v) is 4.16. The van der Waals surface area contributed by atoms with Gasteiger partial charge in [0, 0.05) is 22.7 Å². The Kier molecular flexibility index (Phi) is 6.78. The standard InChI is InChI=1S/C13H18Cl2FNS/c1-8(6-7-18-3)17-9(2)12-10(14)4-5-11(16)13(12)15/h4-5,8-9,17H,6-7H2,1-3H3. The van der Waals surface area contributed by atoms with Gasteiger partial charge in [-0.15, -0.1) is 0 Å². The molecule has 0 fully saturated rings. The number of hydrogen-bond donors (Lipinski definition) is 1. The lowest BCUT2D eigenvalue weighted by Gasteiger charge is -2.22. The molecule has 0 saturated carbocycles. The van der Waals surface area contributed by atoms with Crippen LogP contribution >= 0.6 is 35.0 Å². The molecule has 1 nitrogen and oxygen atoms in total. The molecule has 0 aliphatic heterocycles. The van der Waals surface area contributed by atoms with Crippen LogP contribution in [0.1, 0.15) is 31.9 Å². The Morgan fingerprint density at radius 2 is 2.00 bits per heavy atom. The summed E-state index contributed by atoms with van der Waals surface area (Å²) in [7, 11) is 0. The molecule has 0 bridgehead atoms. The van der Waals surface area contributed by atoms with Gasteiger partial charge in [-0.3, -0.25) is 0 Å². The molecule has 2 atom stereocenters. The Morgan fingerprint density at radius 1 is 1.33 bits per heavy atom. The summed E-state index contributed by atoms with van der Waals surface area (Å²) < 4.78 is 13.4. The quantitative estimate of drug-likeness (QED) is 0.748. The number of nitrogens with one attached hydrogen (secondary N) is 1. The smallest absolute Gasteiger partial charge is 0.142 e. The van der Waals surface area contributed by atoms with E-state index >= 15 is 0 Å². The van der Waals surface area contributed by atoms with Crippen LogP contribution in [0.2, 0.25) is 10.0 Å². The first-order valence-electron chi connectivity index (χ1n) is 5.85. The largest absolute Gasteiger partial charge is 0.308 e. The van der Waals surface area contributed by atoms with Crippen LogP contribution < -0.4 is 5.32 Å². The molecule has 1 aromatic rings. The van der Waals surface area contributed by atoms with Gasteiger partial charge in [0.05, 0.1) is 5.02 Å². The molecule has 0 spiro atoms. The highest BCUT2D eigenvalue weighted by Crippen LogP contribution is 2.32. The Bertz CT molecular complexity index is 401. The van der Waals surface area contributed by atoms with E-state index in [1.54, 1.807) is 6.07 Å². The van der Waals surface area contributed by atoms with Crippen LogP contribution in [0.4, 0.5) is 4.39 Å². The number of halogens is 3. The molecule has 18 heavy (non-hydrogen) atoms. The monoisotopic (exact) mass is 309 g/mol. The minimum atomic E-state index is -0.429. The number of benzene rings is 1. The molecule has 1 aromatic carbocycles. The molecule has 5 heteroatoms. The van der Waals surface area contributed by atoms with Gasteiger partial charge >= 0.3 is 0 Å². The first-order chi connectivity index (χ1) is 8.47. The van der Waals surface area contributed by atoms with E-state index in [1.807, 2.05) is 18.7 Å². The summed E-state index contributed by atoms with van der Waals surface area (Å²) in [4.78, 5) is 0. The summed E-state index contributed by atoms with van der Waals surface area (Å²) >= 11 is 13.9. The van der Waals surface area contributed by atoms with E-state index in [0.29, 0.717) is 16.6 Å². The topological polar surface area (TPSA) is 12.0 Å². The van der Waals surface area contributed by atoms with Gasteiger partial charge < -0.3 is 5.32 Å². The number of hydrogen-bond acceptors (Lipinski definition) is 2. The molecule has 0 aliphatic rings. The summed E-state index contributed by atoms with van der Waals surface area (Å²) in [5.41, 5.74) is 0.634. The van der Waals surface area contributed by atoms with Gasteiger partial charge in [0.15, 0.2) is 0 Å². The number of thioether (sulfide) groups is 1. The highest BCUT2D eigenvalue weighted by Gasteiger charge is 2.18. The first-order valence-corrected chi connectivity index (χ1v) is 8.00. The number of rotatable bonds is 6. The van der Waals surface area contributed by atoms with Crippen molar-refractivity contribution in [2.75, 3.05) is 12.0 Å². The van der Waals surface area contributed by atoms with Crippen molar-refractivity contribution in [3.8, 4) is 0 Å². The maximum Gasteiger partial charge on any atom is 0.142 e. The van der Waals surface area contributed by atoms with Gasteiger partial charge in [0.2, 0.25) is 0 Å². The maximum atomic E-state index is 13.4. The second-order valence-corrected chi connectivity index (χ2v) is 6.10. The molecule has 0 saturated heterocycles. The third-order valence-electron chi connectivity index (χ3n) is 2.80. The average Bonchev–Trinajstić information content (AvgIpc) is 2.31. The van der Waals surface area contributed by atoms with Crippen LogP contribution in [0.25, 0.3) is 0 Å². The van der Waals surface area contributed by atoms with Crippen molar-refractivity contribution >= 4 is 35.0 Å². The van der Waals surface area contributed by atoms with E-state index in [1.165, 1.54) is 6.07 Å². The Hall–Kier alpha value is 0.0400. The van der Waals surface area contributed by atoms with Crippen LogP contribution in [-0.4, -0.2) is 18.1 Å². The first kappa shape index (κ1) is 16.1. The molecule has 0 aliphatic carbocycles. The van der Waals surface area contributed by atoms with Gasteiger partial charge in [-0.25, -0.2) is 4.39 Å². The van der Waals surface area contributed by atoms with Crippen molar-refractivity contribution in [2.24, 2.45) is 0 Å². The van der Waals surface area contributed by atoms with Crippen LogP contribution in [0.3, 0.4) is 0 Å². The van der Waals surface area contributed by atoms with Gasteiger partial charge in [-0.1, -0.05) is 23.2 Å². The van der Waals surface area contributed by atoms with Gasteiger partial charge in [0.1, 0.15) is 5.82 Å². The predicted octanol–water partition coefficient (Wildman–Crippen LogP) is 4.92. The highest BCUT2D eigenvalue weighted by molar-refractivity contribution is 7.98. The lowest BCUT2D eigenvalue weighted by atomic mass is 10.1. The van der Waals surface area contributed by atoms with Crippen molar-refractivity contribution in [3.63, 3.8) is 0 Å². The second kappa shape index (κ2) is 7.59. The van der Waals surface area contributed by atoms with E-state index in [0.717, 1.165) is 12.2 Å². The zero-order valence-electron chi connectivity index (χ0n) is 10.8. The molecular weight excluding hydrogens is 292 g/mol. The highest BCUT2D eigenvalue weighted by atomic mass is 35.5. The molecule has 0 aromatic heterocycles. The van der Waals surface area contributed by atoms with E-state index in [2.05, 4.69) is 18.5 Å². The Labute approximate surface area is 122 Å². The minimum Gasteiger partial charge on any atom is -0.308 e. The van der Waals surface area contributed by atoms with Crippen molar-refractivity contribution in [1.29, 1.82) is 0 Å².